The summed E-state index contributed by atoms with van der Waals surface area (Å²) in [5.41, 5.74) is 2.71. The van der Waals surface area contributed by atoms with Crippen LogP contribution < -0.4 is 10.1 Å². The van der Waals surface area contributed by atoms with Crippen LogP contribution in [0.1, 0.15) is 24.5 Å². The molecule has 0 fully saturated rings. The van der Waals surface area contributed by atoms with Gasteiger partial charge in [0.25, 0.3) is 5.91 Å². The molecular weight excluding hydrogens is 318 g/mol. The lowest BCUT2D eigenvalue weighted by molar-refractivity contribution is -0.153. The third-order valence-electron chi connectivity index (χ3n) is 3.79. The Kier molecular flexibility index (Phi) is 6.57. The average molecular weight is 341 g/mol. The van der Waals surface area contributed by atoms with E-state index in [1.54, 1.807) is 14.0 Å². The molecule has 2 rings (SSSR count). The maximum Gasteiger partial charge on any atom is 0.306 e. The Bertz CT molecular complexity index is 725. The zero-order valence-corrected chi connectivity index (χ0v) is 14.7. The average Bonchev–Trinajstić information content (AvgIpc) is 2.62. The molecule has 0 bridgehead atoms. The van der Waals surface area contributed by atoms with Crippen LogP contribution in [0.3, 0.4) is 0 Å². The summed E-state index contributed by atoms with van der Waals surface area (Å²) in [6.45, 7) is 3.53. The molecule has 0 aromatic heterocycles. The fourth-order valence-electron chi connectivity index (χ4n) is 2.34. The van der Waals surface area contributed by atoms with Gasteiger partial charge in [-0.2, -0.15) is 0 Å². The summed E-state index contributed by atoms with van der Waals surface area (Å²) in [5.74, 6) is -0.0348. The number of carbonyl (C=O) groups excluding carboxylic acids is 2. The molecule has 132 valence electrons. The van der Waals surface area contributed by atoms with Crippen LogP contribution in [-0.4, -0.2) is 25.1 Å². The van der Waals surface area contributed by atoms with E-state index in [-0.39, 0.29) is 12.3 Å². The molecule has 1 amide bonds. The molecule has 0 aliphatic carbocycles. The van der Waals surface area contributed by atoms with Crippen molar-refractivity contribution in [1.29, 1.82) is 0 Å². The standard InChI is InChI=1S/C20H23NO4/c1-14-8-11-17(12-9-14)21-20(23)15(2)25-19(22)13-10-16-6-4-5-7-18(16)24-3/h4-9,11-12,15H,10,13H2,1-3H3,(H,21,23)/t15-/m1/s1. The zero-order chi connectivity index (χ0) is 18.2. The number of anilines is 1. The molecule has 1 atom stereocenters. The number of hydrogen-bond donors (Lipinski definition) is 1. The number of hydrogen-bond acceptors (Lipinski definition) is 4. The highest BCUT2D eigenvalue weighted by atomic mass is 16.5. The molecule has 0 heterocycles. The molecule has 2 aromatic rings. The molecule has 0 saturated heterocycles. The van der Waals surface area contributed by atoms with Crippen LogP contribution >= 0.6 is 0 Å². The Morgan fingerprint density at radius 3 is 2.44 bits per heavy atom. The van der Waals surface area contributed by atoms with Crippen LogP contribution in [0.5, 0.6) is 5.75 Å². The predicted octanol–water partition coefficient (Wildman–Crippen LogP) is 3.51. The number of para-hydroxylation sites is 1. The summed E-state index contributed by atoms with van der Waals surface area (Å²) >= 11 is 0. The Morgan fingerprint density at radius 1 is 1.08 bits per heavy atom. The number of aryl methyl sites for hydroxylation is 2. The number of methoxy groups -OCH3 is 1. The molecule has 0 radical (unpaired) electrons. The largest absolute Gasteiger partial charge is 0.496 e. The molecule has 0 aliphatic heterocycles. The topological polar surface area (TPSA) is 64.6 Å². The van der Waals surface area contributed by atoms with E-state index in [0.717, 1.165) is 16.9 Å². The Labute approximate surface area is 148 Å². The molecule has 0 saturated carbocycles. The first-order valence-corrected chi connectivity index (χ1v) is 8.18. The number of nitrogens with one attached hydrogen (secondary N) is 1. The van der Waals surface area contributed by atoms with E-state index < -0.39 is 12.1 Å². The van der Waals surface area contributed by atoms with Crippen molar-refractivity contribution in [3.05, 3.63) is 59.7 Å². The number of carbonyl (C=O) groups is 2. The maximum atomic E-state index is 12.1. The van der Waals surface area contributed by atoms with Gasteiger partial charge in [-0.25, -0.2) is 0 Å². The van der Waals surface area contributed by atoms with Gasteiger partial charge in [0.15, 0.2) is 6.10 Å². The van der Waals surface area contributed by atoms with E-state index in [2.05, 4.69) is 5.32 Å². The lowest BCUT2D eigenvalue weighted by Crippen LogP contribution is -2.30. The van der Waals surface area contributed by atoms with Gasteiger partial charge < -0.3 is 14.8 Å². The number of benzene rings is 2. The second kappa shape index (κ2) is 8.87. The fourth-order valence-corrected chi connectivity index (χ4v) is 2.34. The van der Waals surface area contributed by atoms with E-state index in [4.69, 9.17) is 9.47 Å². The second-order valence-corrected chi connectivity index (χ2v) is 5.80. The fraction of sp³-hybridized carbons (Fsp3) is 0.300. The van der Waals surface area contributed by atoms with E-state index in [0.29, 0.717) is 12.1 Å². The van der Waals surface area contributed by atoms with Crippen molar-refractivity contribution in [1.82, 2.24) is 0 Å². The van der Waals surface area contributed by atoms with Crippen molar-refractivity contribution >= 4 is 17.6 Å². The van der Waals surface area contributed by atoms with Gasteiger partial charge in [0, 0.05) is 12.1 Å². The van der Waals surface area contributed by atoms with Crippen molar-refractivity contribution in [2.45, 2.75) is 32.8 Å². The van der Waals surface area contributed by atoms with Crippen LogP contribution in [0.25, 0.3) is 0 Å². The Balaban J connectivity index is 1.82. The van der Waals surface area contributed by atoms with Crippen LogP contribution in [0.4, 0.5) is 5.69 Å². The van der Waals surface area contributed by atoms with Crippen molar-refractivity contribution in [3.8, 4) is 5.75 Å². The number of ether oxygens (including phenoxy) is 2. The number of amides is 1. The minimum absolute atomic E-state index is 0.183. The highest BCUT2D eigenvalue weighted by Gasteiger charge is 2.18. The van der Waals surface area contributed by atoms with Crippen molar-refractivity contribution < 1.29 is 19.1 Å². The molecule has 0 spiro atoms. The van der Waals surface area contributed by atoms with Gasteiger partial charge in [0.2, 0.25) is 0 Å². The second-order valence-electron chi connectivity index (χ2n) is 5.80. The molecular formula is C20H23NO4. The molecule has 5 heteroatoms. The summed E-state index contributed by atoms with van der Waals surface area (Å²) in [6.07, 6.45) is -0.177. The van der Waals surface area contributed by atoms with E-state index in [9.17, 15) is 9.59 Å². The smallest absolute Gasteiger partial charge is 0.306 e. The summed E-state index contributed by atoms with van der Waals surface area (Å²) in [7, 11) is 1.59. The van der Waals surface area contributed by atoms with Gasteiger partial charge in [-0.05, 0) is 44.0 Å². The van der Waals surface area contributed by atoms with Gasteiger partial charge >= 0.3 is 5.97 Å². The monoisotopic (exact) mass is 341 g/mol. The zero-order valence-electron chi connectivity index (χ0n) is 14.7. The molecule has 1 N–H and O–H groups in total. The molecule has 0 unspecified atom stereocenters. The first kappa shape index (κ1) is 18.5. The van der Waals surface area contributed by atoms with Gasteiger partial charge in [-0.1, -0.05) is 35.9 Å². The molecule has 25 heavy (non-hydrogen) atoms. The Morgan fingerprint density at radius 2 is 1.76 bits per heavy atom. The molecule has 2 aromatic carbocycles. The quantitative estimate of drug-likeness (QED) is 0.783. The first-order valence-electron chi connectivity index (χ1n) is 8.18. The minimum Gasteiger partial charge on any atom is -0.496 e. The SMILES string of the molecule is COc1ccccc1CCC(=O)O[C@H](C)C(=O)Nc1ccc(C)cc1. The van der Waals surface area contributed by atoms with E-state index in [1.807, 2.05) is 55.5 Å². The lowest BCUT2D eigenvalue weighted by Gasteiger charge is -2.14. The minimum atomic E-state index is -0.855. The van der Waals surface area contributed by atoms with Gasteiger partial charge in [0.05, 0.1) is 7.11 Å². The van der Waals surface area contributed by atoms with Crippen molar-refractivity contribution in [2.24, 2.45) is 0 Å². The summed E-state index contributed by atoms with van der Waals surface area (Å²) < 4.78 is 10.5. The number of esters is 1. The third-order valence-corrected chi connectivity index (χ3v) is 3.79. The maximum absolute atomic E-state index is 12.1. The highest BCUT2D eigenvalue weighted by molar-refractivity contribution is 5.95. The molecule has 5 nitrogen and oxygen atoms in total. The number of rotatable bonds is 7. The van der Waals surface area contributed by atoms with Crippen LogP contribution in [0.2, 0.25) is 0 Å². The van der Waals surface area contributed by atoms with Crippen LogP contribution in [-0.2, 0) is 20.7 Å². The lowest BCUT2D eigenvalue weighted by atomic mass is 10.1. The van der Waals surface area contributed by atoms with Crippen molar-refractivity contribution in [3.63, 3.8) is 0 Å². The van der Waals surface area contributed by atoms with E-state index in [1.165, 1.54) is 0 Å². The van der Waals surface area contributed by atoms with Crippen LogP contribution in [0, 0.1) is 6.92 Å². The predicted molar refractivity (Wildman–Crippen MR) is 96.7 cm³/mol. The van der Waals surface area contributed by atoms with E-state index >= 15 is 0 Å². The summed E-state index contributed by atoms with van der Waals surface area (Å²) in [6, 6.07) is 14.9. The first-order chi connectivity index (χ1) is 12.0. The highest BCUT2D eigenvalue weighted by Crippen LogP contribution is 2.19. The van der Waals surface area contributed by atoms with Crippen LogP contribution in [0.15, 0.2) is 48.5 Å². The van der Waals surface area contributed by atoms with Gasteiger partial charge in [0.1, 0.15) is 5.75 Å². The Hall–Kier alpha value is -2.82. The molecule has 0 aliphatic rings. The van der Waals surface area contributed by atoms with Crippen molar-refractivity contribution in [2.75, 3.05) is 12.4 Å². The summed E-state index contributed by atoms with van der Waals surface area (Å²) in [4.78, 5) is 24.1. The summed E-state index contributed by atoms with van der Waals surface area (Å²) in [5, 5.41) is 2.73. The van der Waals surface area contributed by atoms with Gasteiger partial charge in [-0.15, -0.1) is 0 Å². The third kappa shape index (κ3) is 5.64. The van der Waals surface area contributed by atoms with Gasteiger partial charge in [-0.3, -0.25) is 9.59 Å². The normalized spacial score (nSPS) is 11.5.